The molecular formula is C25H22FNO6S. The summed E-state index contributed by atoms with van der Waals surface area (Å²) in [5, 5.41) is 0. The summed E-state index contributed by atoms with van der Waals surface area (Å²) in [6.07, 6.45) is 0.417. The molecule has 3 aromatic rings. The van der Waals surface area contributed by atoms with Gasteiger partial charge in [0.1, 0.15) is 11.9 Å². The summed E-state index contributed by atoms with van der Waals surface area (Å²) in [4.78, 5) is 23.8. The van der Waals surface area contributed by atoms with Crippen molar-refractivity contribution in [1.29, 1.82) is 0 Å². The summed E-state index contributed by atoms with van der Waals surface area (Å²) >= 11 is 0. The summed E-state index contributed by atoms with van der Waals surface area (Å²) < 4.78 is 50.6. The number of rotatable bonds is 6. The summed E-state index contributed by atoms with van der Waals surface area (Å²) in [5.41, 5.74) is 7.26. The molecule has 0 fully saturated rings. The van der Waals surface area contributed by atoms with Gasteiger partial charge in [0, 0.05) is 23.8 Å². The van der Waals surface area contributed by atoms with Gasteiger partial charge in [-0.25, -0.2) is 12.8 Å². The van der Waals surface area contributed by atoms with E-state index in [2.05, 4.69) is 0 Å². The molecule has 1 amide bonds. The quantitative estimate of drug-likeness (QED) is 0.571. The first kappa shape index (κ1) is 23.4. The van der Waals surface area contributed by atoms with Gasteiger partial charge in [0.25, 0.3) is 0 Å². The van der Waals surface area contributed by atoms with Crippen molar-refractivity contribution in [3.05, 3.63) is 88.2 Å². The summed E-state index contributed by atoms with van der Waals surface area (Å²) in [6, 6.07) is 13.4. The standard InChI is InChI=1S/C25H22FNO6S/c1-14-22-19(21(28)11-12-32-22)13-20(26)23(14)33-24(15-3-5-17(6-4-15)25(27)29)16-7-9-18(10-8-16)34(2,30)31/h3-10,13,24H,11-12H2,1-2H3,(H2,27,29)/t24-/m1/s1. The maximum absolute atomic E-state index is 15.1. The third-order valence-electron chi connectivity index (χ3n) is 5.63. The molecule has 176 valence electrons. The van der Waals surface area contributed by atoms with Crippen LogP contribution in [0, 0.1) is 12.7 Å². The Hall–Kier alpha value is -3.72. The van der Waals surface area contributed by atoms with Crippen LogP contribution in [0.15, 0.2) is 59.5 Å². The molecule has 3 aromatic carbocycles. The van der Waals surface area contributed by atoms with Crippen LogP contribution in [0.25, 0.3) is 0 Å². The predicted octanol–water partition coefficient (Wildman–Crippen LogP) is 3.77. The normalized spacial score (nSPS) is 14.1. The molecule has 0 saturated heterocycles. The number of fused-ring (bicyclic) bond motifs is 1. The Bertz CT molecular complexity index is 1380. The third kappa shape index (κ3) is 4.51. The number of primary amides is 1. The fourth-order valence-electron chi connectivity index (χ4n) is 3.82. The number of Topliss-reactive ketones (excluding diaryl/α,β-unsaturated/α-hetero) is 1. The molecule has 2 N–H and O–H groups in total. The highest BCUT2D eigenvalue weighted by molar-refractivity contribution is 7.90. The van der Waals surface area contributed by atoms with Crippen LogP contribution in [-0.4, -0.2) is 33.0 Å². The summed E-state index contributed by atoms with van der Waals surface area (Å²) in [5.74, 6) is -1.33. The number of amides is 1. The fourth-order valence-corrected chi connectivity index (χ4v) is 4.45. The summed E-state index contributed by atoms with van der Waals surface area (Å²) in [7, 11) is -3.41. The van der Waals surface area contributed by atoms with E-state index >= 15 is 4.39 Å². The highest BCUT2D eigenvalue weighted by atomic mass is 32.2. The second-order valence-corrected chi connectivity index (χ2v) is 10.1. The lowest BCUT2D eigenvalue weighted by molar-refractivity contribution is 0.0930. The number of hydrogen-bond donors (Lipinski definition) is 1. The molecular weight excluding hydrogens is 461 g/mol. The van der Waals surface area contributed by atoms with Crippen LogP contribution in [0.4, 0.5) is 4.39 Å². The molecule has 0 saturated carbocycles. The predicted molar refractivity (Wildman–Crippen MR) is 123 cm³/mol. The second-order valence-electron chi connectivity index (χ2n) is 8.04. The smallest absolute Gasteiger partial charge is 0.248 e. The molecule has 34 heavy (non-hydrogen) atoms. The van der Waals surface area contributed by atoms with Crippen molar-refractivity contribution in [2.45, 2.75) is 24.3 Å². The molecule has 1 aliphatic rings. The average Bonchev–Trinajstić information content (AvgIpc) is 2.79. The van der Waals surface area contributed by atoms with Gasteiger partial charge in [-0.15, -0.1) is 0 Å². The largest absolute Gasteiger partial charge is 0.492 e. The number of sulfone groups is 1. The van der Waals surface area contributed by atoms with Crippen molar-refractivity contribution >= 4 is 21.5 Å². The molecule has 4 rings (SSSR count). The van der Waals surface area contributed by atoms with E-state index in [9.17, 15) is 18.0 Å². The zero-order chi connectivity index (χ0) is 24.6. The first-order chi connectivity index (χ1) is 16.1. The molecule has 7 nitrogen and oxygen atoms in total. The minimum absolute atomic E-state index is 0.0929. The minimum atomic E-state index is -3.41. The SMILES string of the molecule is Cc1c(O[C@H](c2ccc(C(N)=O)cc2)c2ccc(S(C)(=O)=O)cc2)c(F)cc2c1OCCC2=O. The monoisotopic (exact) mass is 483 g/mol. The van der Waals surface area contributed by atoms with Crippen LogP contribution in [0.2, 0.25) is 0 Å². The van der Waals surface area contributed by atoms with E-state index in [1.54, 1.807) is 31.2 Å². The average molecular weight is 484 g/mol. The topological polar surface area (TPSA) is 113 Å². The molecule has 0 bridgehead atoms. The highest BCUT2D eigenvalue weighted by Gasteiger charge is 2.28. The van der Waals surface area contributed by atoms with E-state index < -0.39 is 27.7 Å². The van der Waals surface area contributed by atoms with Crippen LogP contribution in [0.5, 0.6) is 11.5 Å². The first-order valence-corrected chi connectivity index (χ1v) is 12.3. The number of carbonyl (C=O) groups is 2. The van der Waals surface area contributed by atoms with Gasteiger partial charge in [-0.2, -0.15) is 0 Å². The first-order valence-electron chi connectivity index (χ1n) is 10.4. The van der Waals surface area contributed by atoms with Crippen LogP contribution in [-0.2, 0) is 9.84 Å². The van der Waals surface area contributed by atoms with E-state index in [-0.39, 0.29) is 46.3 Å². The molecule has 9 heteroatoms. The van der Waals surface area contributed by atoms with Crippen LogP contribution in [0.1, 0.15) is 49.9 Å². The van der Waals surface area contributed by atoms with E-state index in [1.807, 2.05) is 0 Å². The Morgan fingerprint density at radius 2 is 1.68 bits per heavy atom. The maximum atomic E-state index is 15.1. The number of ketones is 1. The minimum Gasteiger partial charge on any atom is -0.492 e. The van der Waals surface area contributed by atoms with Crippen LogP contribution >= 0.6 is 0 Å². The van der Waals surface area contributed by atoms with Gasteiger partial charge in [-0.05, 0) is 48.4 Å². The Kier molecular flexibility index (Phi) is 6.14. The lowest BCUT2D eigenvalue weighted by atomic mass is 9.98. The second kappa shape index (κ2) is 8.90. The van der Waals surface area contributed by atoms with Crippen LogP contribution in [0.3, 0.4) is 0 Å². The fraction of sp³-hybridized carbons (Fsp3) is 0.200. The molecule has 1 atom stereocenters. The Morgan fingerprint density at radius 1 is 1.09 bits per heavy atom. The van der Waals surface area contributed by atoms with E-state index in [4.69, 9.17) is 15.2 Å². The van der Waals surface area contributed by atoms with Crippen molar-refractivity contribution in [3.63, 3.8) is 0 Å². The number of hydrogen-bond acceptors (Lipinski definition) is 6. The van der Waals surface area contributed by atoms with Crippen molar-refractivity contribution in [3.8, 4) is 11.5 Å². The van der Waals surface area contributed by atoms with Gasteiger partial charge in [-0.3, -0.25) is 9.59 Å². The van der Waals surface area contributed by atoms with Crippen LogP contribution < -0.4 is 15.2 Å². The Morgan fingerprint density at radius 3 is 2.24 bits per heavy atom. The van der Waals surface area contributed by atoms with E-state index in [1.165, 1.54) is 24.3 Å². The number of benzene rings is 3. The van der Waals surface area contributed by atoms with Gasteiger partial charge < -0.3 is 15.2 Å². The highest BCUT2D eigenvalue weighted by Crippen LogP contribution is 2.40. The van der Waals surface area contributed by atoms with Gasteiger partial charge in [-0.1, -0.05) is 24.3 Å². The molecule has 1 aliphatic heterocycles. The van der Waals surface area contributed by atoms with Crippen molar-refractivity contribution in [1.82, 2.24) is 0 Å². The lowest BCUT2D eigenvalue weighted by Gasteiger charge is -2.25. The Balaban J connectivity index is 1.81. The number of carbonyl (C=O) groups excluding carboxylic acids is 2. The molecule has 0 spiro atoms. The van der Waals surface area contributed by atoms with Gasteiger partial charge in [0.2, 0.25) is 5.91 Å². The zero-order valence-corrected chi connectivity index (χ0v) is 19.3. The van der Waals surface area contributed by atoms with Crippen molar-refractivity contribution in [2.75, 3.05) is 12.9 Å². The molecule has 0 aromatic heterocycles. The third-order valence-corrected chi connectivity index (χ3v) is 6.76. The molecule has 1 heterocycles. The lowest BCUT2D eigenvalue weighted by Crippen LogP contribution is -2.18. The van der Waals surface area contributed by atoms with Crippen molar-refractivity contribution in [2.24, 2.45) is 5.73 Å². The van der Waals surface area contributed by atoms with Gasteiger partial charge in [0.05, 0.1) is 17.1 Å². The Labute approximate surface area is 196 Å². The van der Waals surface area contributed by atoms with Crippen molar-refractivity contribution < 1.29 is 31.9 Å². The summed E-state index contributed by atoms with van der Waals surface area (Å²) in [6.45, 7) is 1.80. The molecule has 0 unspecified atom stereocenters. The molecule has 0 radical (unpaired) electrons. The number of halogens is 1. The maximum Gasteiger partial charge on any atom is 0.248 e. The zero-order valence-electron chi connectivity index (χ0n) is 18.5. The molecule has 0 aliphatic carbocycles. The van der Waals surface area contributed by atoms with Gasteiger partial charge in [0.15, 0.2) is 27.2 Å². The van der Waals surface area contributed by atoms with E-state index in [0.717, 1.165) is 12.3 Å². The number of ether oxygens (including phenoxy) is 2. The van der Waals surface area contributed by atoms with Gasteiger partial charge >= 0.3 is 0 Å². The number of nitrogens with two attached hydrogens (primary N) is 1. The van der Waals surface area contributed by atoms with E-state index in [0.29, 0.717) is 16.7 Å².